The fourth-order valence-corrected chi connectivity index (χ4v) is 7.38. The Labute approximate surface area is 348 Å². The van der Waals surface area contributed by atoms with Crippen molar-refractivity contribution in [2.75, 3.05) is 13.2 Å². The zero-order valence-corrected chi connectivity index (χ0v) is 38.4. The molecule has 6 nitrogen and oxygen atoms in total. The maximum atomic E-state index is 12.7. The largest absolute Gasteiger partial charge is 0.462 e. The molecule has 0 radical (unpaired) electrons. The summed E-state index contributed by atoms with van der Waals surface area (Å²) in [5.41, 5.74) is 0. The lowest BCUT2D eigenvalue weighted by Crippen LogP contribution is -2.30. The third-order valence-electron chi connectivity index (χ3n) is 11.5. The molecular weight excluding hydrogens is 697 g/mol. The molecule has 0 aliphatic carbocycles. The fraction of sp³-hybridized carbons (Fsp3) is 0.940. The SMILES string of the molecule is CCC(C)CCCCCCCCCCC(=O)O[C@H](COC(=O)CCCCCCCCCCCCCCCC(C)C)COC(=O)CCCCCCCCCC(C)C. The number of rotatable bonds is 43. The van der Waals surface area contributed by atoms with Crippen LogP contribution in [0.1, 0.15) is 266 Å². The van der Waals surface area contributed by atoms with E-state index in [2.05, 4.69) is 41.5 Å². The Hall–Kier alpha value is -1.59. The van der Waals surface area contributed by atoms with Crippen molar-refractivity contribution in [2.24, 2.45) is 17.8 Å². The lowest BCUT2D eigenvalue weighted by Gasteiger charge is -2.18. The van der Waals surface area contributed by atoms with E-state index in [-0.39, 0.29) is 31.1 Å². The zero-order valence-electron chi connectivity index (χ0n) is 38.4. The van der Waals surface area contributed by atoms with Crippen molar-refractivity contribution in [3.63, 3.8) is 0 Å². The van der Waals surface area contributed by atoms with E-state index in [0.717, 1.165) is 75.5 Å². The quantitative estimate of drug-likeness (QED) is 0.0348. The van der Waals surface area contributed by atoms with Gasteiger partial charge in [-0.25, -0.2) is 0 Å². The van der Waals surface area contributed by atoms with Crippen molar-refractivity contribution in [3.8, 4) is 0 Å². The standard InChI is InChI=1S/C50H96O6/c1-7-46(6)38-32-26-20-15-16-22-29-35-41-50(53)56-47(43-55-49(52)40-34-28-23-17-19-25-31-37-45(4)5)42-54-48(51)39-33-27-21-14-12-10-8-9-11-13-18-24-30-36-44(2)3/h44-47H,7-43H2,1-6H3/t46?,47-/m1/s1. The average molecular weight is 793 g/mol. The summed E-state index contributed by atoms with van der Waals surface area (Å²) in [7, 11) is 0. The van der Waals surface area contributed by atoms with E-state index in [4.69, 9.17) is 14.2 Å². The predicted molar refractivity (Wildman–Crippen MR) is 238 cm³/mol. The van der Waals surface area contributed by atoms with Gasteiger partial charge in [0.05, 0.1) is 0 Å². The minimum Gasteiger partial charge on any atom is -0.462 e. The number of carbonyl (C=O) groups is 3. The second kappa shape index (κ2) is 41.6. The number of hydrogen-bond donors (Lipinski definition) is 0. The first-order valence-corrected chi connectivity index (χ1v) is 24.6. The van der Waals surface area contributed by atoms with Gasteiger partial charge in [-0.3, -0.25) is 14.4 Å². The van der Waals surface area contributed by atoms with Crippen LogP contribution in [0.15, 0.2) is 0 Å². The molecule has 2 atom stereocenters. The summed E-state index contributed by atoms with van der Waals surface area (Å²) >= 11 is 0. The summed E-state index contributed by atoms with van der Waals surface area (Å²) in [5, 5.41) is 0. The van der Waals surface area contributed by atoms with Crippen molar-refractivity contribution in [1.29, 1.82) is 0 Å². The minimum atomic E-state index is -0.762. The van der Waals surface area contributed by atoms with Gasteiger partial charge in [0.25, 0.3) is 0 Å². The highest BCUT2D eigenvalue weighted by atomic mass is 16.6. The van der Waals surface area contributed by atoms with Crippen LogP contribution in [0.4, 0.5) is 0 Å². The third-order valence-corrected chi connectivity index (χ3v) is 11.5. The van der Waals surface area contributed by atoms with Crippen LogP contribution in [0, 0.1) is 17.8 Å². The van der Waals surface area contributed by atoms with Crippen LogP contribution in [0.3, 0.4) is 0 Å². The number of hydrogen-bond acceptors (Lipinski definition) is 6. The topological polar surface area (TPSA) is 78.9 Å². The van der Waals surface area contributed by atoms with E-state index in [1.54, 1.807) is 0 Å². The molecule has 56 heavy (non-hydrogen) atoms. The highest BCUT2D eigenvalue weighted by Gasteiger charge is 2.19. The van der Waals surface area contributed by atoms with E-state index in [9.17, 15) is 14.4 Å². The van der Waals surface area contributed by atoms with E-state index < -0.39 is 6.10 Å². The maximum absolute atomic E-state index is 12.7. The number of ether oxygens (including phenoxy) is 3. The van der Waals surface area contributed by atoms with Gasteiger partial charge < -0.3 is 14.2 Å². The molecule has 0 amide bonds. The van der Waals surface area contributed by atoms with Gasteiger partial charge in [0.1, 0.15) is 13.2 Å². The predicted octanol–water partition coefficient (Wildman–Crippen LogP) is 15.6. The fourth-order valence-electron chi connectivity index (χ4n) is 7.38. The van der Waals surface area contributed by atoms with Gasteiger partial charge in [-0.1, -0.05) is 228 Å². The number of carbonyl (C=O) groups excluding carboxylic acids is 3. The van der Waals surface area contributed by atoms with Gasteiger partial charge in [-0.05, 0) is 37.0 Å². The molecule has 0 bridgehead atoms. The molecule has 0 fully saturated rings. The molecule has 0 N–H and O–H groups in total. The van der Waals surface area contributed by atoms with Crippen molar-refractivity contribution in [2.45, 2.75) is 272 Å². The van der Waals surface area contributed by atoms with Crippen molar-refractivity contribution in [3.05, 3.63) is 0 Å². The molecule has 0 aliphatic heterocycles. The highest BCUT2D eigenvalue weighted by Crippen LogP contribution is 2.18. The summed E-state index contributed by atoms with van der Waals surface area (Å²) in [6.45, 7) is 13.7. The van der Waals surface area contributed by atoms with E-state index >= 15 is 0 Å². The molecule has 0 spiro atoms. The second-order valence-corrected chi connectivity index (χ2v) is 18.3. The van der Waals surface area contributed by atoms with Gasteiger partial charge in [0.2, 0.25) is 0 Å². The molecule has 0 saturated heterocycles. The first kappa shape index (κ1) is 54.4. The first-order valence-electron chi connectivity index (χ1n) is 24.6. The van der Waals surface area contributed by atoms with Crippen LogP contribution < -0.4 is 0 Å². The number of esters is 3. The molecule has 0 aromatic carbocycles. The van der Waals surface area contributed by atoms with E-state index in [0.29, 0.717) is 19.3 Å². The van der Waals surface area contributed by atoms with Crippen LogP contribution in [0.25, 0.3) is 0 Å². The van der Waals surface area contributed by atoms with Crippen LogP contribution in [0.5, 0.6) is 0 Å². The molecule has 6 heteroatoms. The molecule has 0 aliphatic rings. The molecule has 0 rings (SSSR count). The highest BCUT2D eigenvalue weighted by molar-refractivity contribution is 5.71. The van der Waals surface area contributed by atoms with Gasteiger partial charge in [-0.2, -0.15) is 0 Å². The van der Waals surface area contributed by atoms with Crippen molar-refractivity contribution >= 4 is 17.9 Å². The molecular formula is C50H96O6. The van der Waals surface area contributed by atoms with Crippen LogP contribution >= 0.6 is 0 Å². The Morgan fingerprint density at radius 1 is 0.357 bits per heavy atom. The van der Waals surface area contributed by atoms with Crippen LogP contribution in [-0.2, 0) is 28.6 Å². The molecule has 1 unspecified atom stereocenters. The van der Waals surface area contributed by atoms with E-state index in [1.165, 1.54) is 148 Å². The summed E-state index contributed by atoms with van der Waals surface area (Å²) in [6, 6.07) is 0. The Bertz CT molecular complexity index is 870. The smallest absolute Gasteiger partial charge is 0.306 e. The Morgan fingerprint density at radius 2 is 0.625 bits per heavy atom. The summed E-state index contributed by atoms with van der Waals surface area (Å²) in [6.07, 6.45) is 39.5. The Kier molecular flexibility index (Phi) is 40.4. The molecule has 0 aromatic heterocycles. The Balaban J connectivity index is 4.30. The normalized spacial score (nSPS) is 12.6. The molecule has 0 aromatic rings. The average Bonchev–Trinajstić information content (AvgIpc) is 3.16. The molecule has 0 saturated carbocycles. The summed E-state index contributed by atoms with van der Waals surface area (Å²) < 4.78 is 16.8. The summed E-state index contributed by atoms with van der Waals surface area (Å²) in [4.78, 5) is 37.8. The van der Waals surface area contributed by atoms with Gasteiger partial charge in [0, 0.05) is 19.3 Å². The van der Waals surface area contributed by atoms with E-state index in [1.807, 2.05) is 0 Å². The monoisotopic (exact) mass is 793 g/mol. The Morgan fingerprint density at radius 3 is 0.929 bits per heavy atom. The van der Waals surface area contributed by atoms with Gasteiger partial charge >= 0.3 is 17.9 Å². The van der Waals surface area contributed by atoms with Crippen molar-refractivity contribution in [1.82, 2.24) is 0 Å². The lowest BCUT2D eigenvalue weighted by atomic mass is 9.99. The van der Waals surface area contributed by atoms with Crippen molar-refractivity contribution < 1.29 is 28.6 Å². The maximum Gasteiger partial charge on any atom is 0.306 e. The molecule has 332 valence electrons. The van der Waals surface area contributed by atoms with Gasteiger partial charge in [-0.15, -0.1) is 0 Å². The first-order chi connectivity index (χ1) is 27.1. The van der Waals surface area contributed by atoms with Crippen LogP contribution in [-0.4, -0.2) is 37.2 Å². The minimum absolute atomic E-state index is 0.0658. The van der Waals surface area contributed by atoms with Crippen LogP contribution in [0.2, 0.25) is 0 Å². The second-order valence-electron chi connectivity index (χ2n) is 18.3. The number of unbranched alkanes of at least 4 members (excludes halogenated alkanes) is 25. The third kappa shape index (κ3) is 42.0. The molecule has 0 heterocycles. The van der Waals surface area contributed by atoms with Gasteiger partial charge in [0.15, 0.2) is 6.10 Å². The zero-order chi connectivity index (χ0) is 41.3. The lowest BCUT2D eigenvalue weighted by molar-refractivity contribution is -0.167. The summed E-state index contributed by atoms with van der Waals surface area (Å²) in [5.74, 6) is 1.61.